The normalized spacial score (nSPS) is 10.2. The van der Waals surface area contributed by atoms with Crippen molar-refractivity contribution in [2.45, 2.75) is 0 Å². The van der Waals surface area contributed by atoms with Crippen LogP contribution in [0.1, 0.15) is 0 Å². The number of hydrogen-bond acceptors (Lipinski definition) is 4. The van der Waals surface area contributed by atoms with Gasteiger partial charge in [0.15, 0.2) is 0 Å². The van der Waals surface area contributed by atoms with E-state index in [4.69, 9.17) is 10.5 Å². The molecule has 0 heterocycles. The van der Waals surface area contributed by atoms with E-state index in [1.165, 1.54) is 0 Å². The molecule has 0 aliphatic heterocycles. The minimum atomic E-state index is -0.617. The highest BCUT2D eigenvalue weighted by Gasteiger charge is 2.19. The lowest BCUT2D eigenvalue weighted by Crippen LogP contribution is -1.96. The molecular weight excluding hydrogens is 366 g/mol. The predicted octanol–water partition coefficient (Wildman–Crippen LogP) is 3.71. The van der Waals surface area contributed by atoms with E-state index in [0.29, 0.717) is 11.4 Å². The van der Waals surface area contributed by atoms with Crippen LogP contribution in [0.5, 0.6) is 11.5 Å². The van der Waals surface area contributed by atoms with Crippen LogP contribution in [0.4, 0.5) is 15.8 Å². The van der Waals surface area contributed by atoms with Crippen molar-refractivity contribution in [3.63, 3.8) is 0 Å². The number of nitrogens with zero attached hydrogens (tertiary/aromatic N) is 1. The number of ether oxygens (including phenoxy) is 1. The number of hydrogen-bond donors (Lipinski definition) is 1. The summed E-state index contributed by atoms with van der Waals surface area (Å²) in [6, 6.07) is 8.40. The largest absolute Gasteiger partial charge is 0.450 e. The third kappa shape index (κ3) is 3.11. The highest BCUT2D eigenvalue weighted by atomic mass is 127. The summed E-state index contributed by atoms with van der Waals surface area (Å²) in [5.74, 6) is -0.373. The van der Waals surface area contributed by atoms with Crippen LogP contribution in [0.15, 0.2) is 36.4 Å². The van der Waals surface area contributed by atoms with Crippen molar-refractivity contribution in [2.24, 2.45) is 0 Å². The number of nitro benzene ring substituents is 1. The zero-order valence-corrected chi connectivity index (χ0v) is 11.6. The third-order valence-corrected chi connectivity index (χ3v) is 3.13. The molecular formula is C12H8FIN2O3. The van der Waals surface area contributed by atoms with Crippen molar-refractivity contribution < 1.29 is 14.1 Å². The van der Waals surface area contributed by atoms with Crippen molar-refractivity contribution in [1.82, 2.24) is 0 Å². The molecule has 0 aliphatic rings. The molecule has 2 N–H and O–H groups in total. The van der Waals surface area contributed by atoms with E-state index in [0.717, 1.165) is 12.1 Å². The van der Waals surface area contributed by atoms with Crippen LogP contribution in [0.2, 0.25) is 0 Å². The number of nitro groups is 1. The van der Waals surface area contributed by atoms with Crippen molar-refractivity contribution >= 4 is 34.0 Å². The monoisotopic (exact) mass is 374 g/mol. The van der Waals surface area contributed by atoms with Gasteiger partial charge in [0, 0.05) is 17.8 Å². The van der Waals surface area contributed by atoms with E-state index in [1.54, 1.807) is 46.9 Å². The van der Waals surface area contributed by atoms with Gasteiger partial charge < -0.3 is 10.5 Å². The zero-order valence-electron chi connectivity index (χ0n) is 9.47. The molecule has 98 valence electrons. The lowest BCUT2D eigenvalue weighted by molar-refractivity contribution is -0.385. The minimum Gasteiger partial charge on any atom is -0.450 e. The summed E-state index contributed by atoms with van der Waals surface area (Å²) in [5, 5.41) is 10.9. The summed E-state index contributed by atoms with van der Waals surface area (Å²) in [7, 11) is 0. The van der Waals surface area contributed by atoms with Gasteiger partial charge in [0.05, 0.1) is 8.49 Å². The van der Waals surface area contributed by atoms with E-state index in [2.05, 4.69) is 0 Å². The van der Waals surface area contributed by atoms with Gasteiger partial charge in [-0.05, 0) is 46.9 Å². The molecule has 2 rings (SSSR count). The molecule has 0 fully saturated rings. The maximum Gasteiger partial charge on any atom is 0.312 e. The Bertz CT molecular complexity index is 632. The van der Waals surface area contributed by atoms with Crippen LogP contribution in [-0.4, -0.2) is 4.92 Å². The fourth-order valence-corrected chi connectivity index (χ4v) is 1.86. The van der Waals surface area contributed by atoms with Gasteiger partial charge in [0.2, 0.25) is 5.75 Å². The van der Waals surface area contributed by atoms with Crippen molar-refractivity contribution in [3.8, 4) is 11.5 Å². The number of benzene rings is 2. The molecule has 0 amide bonds. The van der Waals surface area contributed by atoms with E-state index < -0.39 is 10.7 Å². The molecule has 0 aromatic heterocycles. The molecule has 2 aromatic carbocycles. The molecule has 0 unspecified atom stereocenters. The summed E-state index contributed by atoms with van der Waals surface area (Å²) in [5.41, 5.74) is 5.77. The molecule has 0 saturated carbocycles. The molecule has 0 radical (unpaired) electrons. The van der Waals surface area contributed by atoms with Crippen LogP contribution in [0.25, 0.3) is 0 Å². The fraction of sp³-hybridized carbons (Fsp3) is 0. The number of anilines is 1. The lowest BCUT2D eigenvalue weighted by atomic mass is 10.2. The Kier molecular flexibility index (Phi) is 3.84. The first-order chi connectivity index (χ1) is 8.97. The Morgan fingerprint density at radius 3 is 2.47 bits per heavy atom. The maximum atomic E-state index is 13.5. The molecule has 0 atom stereocenters. The van der Waals surface area contributed by atoms with Gasteiger partial charge in [-0.25, -0.2) is 4.39 Å². The SMILES string of the molecule is Nc1ccc(Oc2cc(F)c(I)cc2[N+](=O)[O-])cc1. The highest BCUT2D eigenvalue weighted by Crippen LogP contribution is 2.34. The van der Waals surface area contributed by atoms with Gasteiger partial charge >= 0.3 is 5.69 Å². The molecule has 19 heavy (non-hydrogen) atoms. The van der Waals surface area contributed by atoms with Crippen LogP contribution < -0.4 is 10.5 Å². The van der Waals surface area contributed by atoms with Crippen molar-refractivity contribution in [2.75, 3.05) is 5.73 Å². The van der Waals surface area contributed by atoms with Gasteiger partial charge in [0.1, 0.15) is 11.6 Å². The molecule has 5 nitrogen and oxygen atoms in total. The Morgan fingerprint density at radius 2 is 1.89 bits per heavy atom. The molecule has 2 aromatic rings. The summed E-state index contributed by atoms with van der Waals surface area (Å²) < 4.78 is 18.9. The fourth-order valence-electron chi connectivity index (χ4n) is 1.41. The van der Waals surface area contributed by atoms with Crippen LogP contribution in [0, 0.1) is 19.5 Å². The first-order valence-electron chi connectivity index (χ1n) is 5.14. The van der Waals surface area contributed by atoms with Crippen molar-refractivity contribution in [3.05, 3.63) is 55.9 Å². The topological polar surface area (TPSA) is 78.4 Å². The maximum absolute atomic E-state index is 13.5. The lowest BCUT2D eigenvalue weighted by Gasteiger charge is -2.07. The number of nitrogen functional groups attached to an aromatic ring is 1. The first kappa shape index (κ1) is 13.5. The summed E-state index contributed by atoms with van der Waals surface area (Å²) in [6.45, 7) is 0. The van der Waals surface area contributed by atoms with Gasteiger partial charge in [-0.15, -0.1) is 0 Å². The summed E-state index contributed by atoms with van der Waals surface area (Å²) in [4.78, 5) is 10.3. The Morgan fingerprint density at radius 1 is 1.26 bits per heavy atom. The second-order valence-electron chi connectivity index (χ2n) is 3.66. The van der Waals surface area contributed by atoms with Gasteiger partial charge in [-0.2, -0.15) is 0 Å². The smallest absolute Gasteiger partial charge is 0.312 e. The molecule has 0 spiro atoms. The standard InChI is InChI=1S/C12H8FIN2O3/c13-9-5-12(11(16(17)18)6-10(9)14)19-8-3-1-7(15)2-4-8/h1-6H,15H2. The average Bonchev–Trinajstić information content (AvgIpc) is 2.36. The third-order valence-electron chi connectivity index (χ3n) is 2.31. The first-order valence-corrected chi connectivity index (χ1v) is 6.22. The molecule has 0 bridgehead atoms. The minimum absolute atomic E-state index is 0.146. The van der Waals surface area contributed by atoms with Crippen LogP contribution in [-0.2, 0) is 0 Å². The number of nitrogens with two attached hydrogens (primary N) is 1. The van der Waals surface area contributed by atoms with Gasteiger partial charge in [0.25, 0.3) is 0 Å². The second kappa shape index (κ2) is 5.39. The van der Waals surface area contributed by atoms with E-state index in [1.807, 2.05) is 0 Å². The number of rotatable bonds is 3. The van der Waals surface area contributed by atoms with Gasteiger partial charge in [-0.3, -0.25) is 10.1 Å². The Hall–Kier alpha value is -1.90. The van der Waals surface area contributed by atoms with Crippen molar-refractivity contribution in [1.29, 1.82) is 0 Å². The zero-order chi connectivity index (χ0) is 14.0. The summed E-state index contributed by atoms with van der Waals surface area (Å²) >= 11 is 1.68. The second-order valence-corrected chi connectivity index (χ2v) is 4.82. The molecule has 0 aliphatic carbocycles. The van der Waals surface area contributed by atoms with E-state index in [9.17, 15) is 14.5 Å². The molecule has 7 heteroatoms. The van der Waals surface area contributed by atoms with E-state index >= 15 is 0 Å². The number of halogens is 2. The average molecular weight is 374 g/mol. The van der Waals surface area contributed by atoms with Crippen LogP contribution in [0.3, 0.4) is 0 Å². The Labute approximate surface area is 121 Å². The predicted molar refractivity (Wildman–Crippen MR) is 76.7 cm³/mol. The quantitative estimate of drug-likeness (QED) is 0.385. The Balaban J connectivity index is 2.41. The van der Waals surface area contributed by atoms with E-state index in [-0.39, 0.29) is 15.0 Å². The van der Waals surface area contributed by atoms with Gasteiger partial charge in [-0.1, -0.05) is 0 Å². The summed E-state index contributed by atoms with van der Waals surface area (Å²) in [6.07, 6.45) is 0. The molecule has 0 saturated heterocycles. The highest BCUT2D eigenvalue weighted by molar-refractivity contribution is 14.1. The van der Waals surface area contributed by atoms with Crippen LogP contribution >= 0.6 is 22.6 Å².